The van der Waals surface area contributed by atoms with Gasteiger partial charge in [0.2, 0.25) is 0 Å². The van der Waals surface area contributed by atoms with Crippen LogP contribution in [0.25, 0.3) is 22.0 Å². The predicted molar refractivity (Wildman–Crippen MR) is 126 cm³/mol. The highest BCUT2D eigenvalue weighted by molar-refractivity contribution is 6.30. The standard InChI is InChI=1S/C26H21ClN2O2/c1-3-21(17-8-7-9-20(27)15-17)26(18-12-13-23-19(14-18)16-28-29-23)22-10-5-6-11-24(22)31-25(30)4-2/h4-16H,2-3H2,1H3,(H,28,29)/b26-21+. The minimum atomic E-state index is -0.502. The molecular weight excluding hydrogens is 408 g/mol. The Morgan fingerprint density at radius 1 is 1.10 bits per heavy atom. The largest absolute Gasteiger partial charge is 0.423 e. The van der Waals surface area contributed by atoms with Crippen molar-refractivity contribution in [3.8, 4) is 5.75 Å². The molecule has 3 aromatic carbocycles. The molecular formula is C26H21ClN2O2. The Bertz CT molecular complexity index is 1300. The van der Waals surface area contributed by atoms with Gasteiger partial charge in [-0.25, -0.2) is 4.79 Å². The number of halogens is 1. The van der Waals surface area contributed by atoms with Crippen LogP contribution in [0.4, 0.5) is 0 Å². The number of nitrogens with one attached hydrogen (secondary N) is 1. The van der Waals surface area contributed by atoms with Crippen molar-refractivity contribution in [2.45, 2.75) is 13.3 Å². The van der Waals surface area contributed by atoms with Gasteiger partial charge in [-0.3, -0.25) is 5.10 Å². The number of benzene rings is 3. The van der Waals surface area contributed by atoms with E-state index in [2.05, 4.69) is 29.8 Å². The molecule has 4 aromatic rings. The van der Waals surface area contributed by atoms with E-state index in [1.807, 2.05) is 54.6 Å². The smallest absolute Gasteiger partial charge is 0.335 e. The highest BCUT2D eigenvalue weighted by Crippen LogP contribution is 2.39. The molecule has 0 radical (unpaired) electrons. The number of H-pyrrole nitrogens is 1. The molecule has 0 amide bonds. The number of carbonyl (C=O) groups excluding carboxylic acids is 1. The number of carbonyl (C=O) groups is 1. The lowest BCUT2D eigenvalue weighted by Crippen LogP contribution is -2.06. The number of esters is 1. The third-order valence-corrected chi connectivity index (χ3v) is 5.33. The normalized spacial score (nSPS) is 11.8. The van der Waals surface area contributed by atoms with Crippen molar-refractivity contribution in [2.75, 3.05) is 0 Å². The van der Waals surface area contributed by atoms with E-state index in [-0.39, 0.29) is 0 Å². The summed E-state index contributed by atoms with van der Waals surface area (Å²) in [5.41, 5.74) is 5.84. The van der Waals surface area contributed by atoms with Crippen LogP contribution in [0.1, 0.15) is 30.0 Å². The molecule has 0 unspecified atom stereocenters. The van der Waals surface area contributed by atoms with Crippen molar-refractivity contribution in [1.82, 2.24) is 10.2 Å². The van der Waals surface area contributed by atoms with Gasteiger partial charge in [0.25, 0.3) is 0 Å². The van der Waals surface area contributed by atoms with E-state index in [9.17, 15) is 4.79 Å². The maximum absolute atomic E-state index is 12.0. The van der Waals surface area contributed by atoms with E-state index in [0.717, 1.165) is 51.2 Å². The number of hydrogen-bond donors (Lipinski definition) is 1. The Hall–Kier alpha value is -3.63. The number of aromatic nitrogens is 2. The molecule has 0 saturated heterocycles. The monoisotopic (exact) mass is 428 g/mol. The summed E-state index contributed by atoms with van der Waals surface area (Å²) in [4.78, 5) is 12.0. The molecule has 5 heteroatoms. The second kappa shape index (κ2) is 9.02. The van der Waals surface area contributed by atoms with Crippen LogP contribution in [0.3, 0.4) is 0 Å². The third kappa shape index (κ3) is 4.30. The number of rotatable bonds is 6. The molecule has 4 nitrogen and oxygen atoms in total. The summed E-state index contributed by atoms with van der Waals surface area (Å²) < 4.78 is 5.59. The SMILES string of the molecule is C=CC(=O)Oc1ccccc1/C(=C(\CC)c1cccc(Cl)c1)c1ccc2[nH]ncc2c1. The van der Waals surface area contributed by atoms with Gasteiger partial charge in [-0.2, -0.15) is 5.10 Å². The minimum Gasteiger partial charge on any atom is -0.423 e. The van der Waals surface area contributed by atoms with Gasteiger partial charge >= 0.3 is 5.97 Å². The molecule has 0 aliphatic heterocycles. The second-order valence-electron chi connectivity index (χ2n) is 7.01. The van der Waals surface area contributed by atoms with Gasteiger partial charge in [-0.1, -0.05) is 61.5 Å². The number of fused-ring (bicyclic) bond motifs is 1. The van der Waals surface area contributed by atoms with E-state index in [1.165, 1.54) is 0 Å². The maximum atomic E-state index is 12.0. The van der Waals surface area contributed by atoms with Crippen molar-refractivity contribution >= 4 is 39.6 Å². The molecule has 0 aliphatic rings. The van der Waals surface area contributed by atoms with Gasteiger partial charge in [0.15, 0.2) is 0 Å². The molecule has 4 rings (SSSR count). The van der Waals surface area contributed by atoms with E-state index in [0.29, 0.717) is 10.8 Å². The Balaban J connectivity index is 2.02. The fourth-order valence-corrected chi connectivity index (χ4v) is 3.89. The molecule has 0 bridgehead atoms. The zero-order chi connectivity index (χ0) is 21.8. The van der Waals surface area contributed by atoms with Crippen LogP contribution in [0.5, 0.6) is 5.75 Å². The zero-order valence-electron chi connectivity index (χ0n) is 17.1. The van der Waals surface area contributed by atoms with Crippen LogP contribution in [0.2, 0.25) is 5.02 Å². The van der Waals surface area contributed by atoms with Gasteiger partial charge in [0.05, 0.1) is 11.7 Å². The van der Waals surface area contributed by atoms with E-state index < -0.39 is 5.97 Å². The third-order valence-electron chi connectivity index (χ3n) is 5.09. The Kier molecular flexibility index (Phi) is 6.01. The molecule has 154 valence electrons. The minimum absolute atomic E-state index is 0.475. The molecule has 1 heterocycles. The number of aromatic amines is 1. The zero-order valence-corrected chi connectivity index (χ0v) is 17.8. The molecule has 0 fully saturated rings. The van der Waals surface area contributed by atoms with Crippen LogP contribution in [0.15, 0.2) is 85.6 Å². The number of hydrogen-bond acceptors (Lipinski definition) is 3. The first-order chi connectivity index (χ1) is 15.1. The summed E-state index contributed by atoms with van der Waals surface area (Å²) in [6, 6.07) is 21.4. The lowest BCUT2D eigenvalue weighted by atomic mass is 9.87. The molecule has 0 atom stereocenters. The van der Waals surface area contributed by atoms with Crippen LogP contribution >= 0.6 is 11.6 Å². The van der Waals surface area contributed by atoms with E-state index in [4.69, 9.17) is 16.3 Å². The number of ether oxygens (including phenoxy) is 1. The summed E-state index contributed by atoms with van der Waals surface area (Å²) in [5, 5.41) is 8.79. The summed E-state index contributed by atoms with van der Waals surface area (Å²) in [6.45, 7) is 5.62. The molecule has 0 spiro atoms. The molecule has 0 saturated carbocycles. The Morgan fingerprint density at radius 3 is 2.71 bits per heavy atom. The first kappa shape index (κ1) is 20.6. The predicted octanol–water partition coefficient (Wildman–Crippen LogP) is 6.68. The van der Waals surface area contributed by atoms with Gasteiger partial charge in [-0.05, 0) is 59.0 Å². The maximum Gasteiger partial charge on any atom is 0.335 e. The van der Waals surface area contributed by atoms with Crippen molar-refractivity contribution in [3.05, 3.63) is 107 Å². The lowest BCUT2D eigenvalue weighted by molar-refractivity contribution is -0.128. The average Bonchev–Trinajstić information content (AvgIpc) is 3.26. The van der Waals surface area contributed by atoms with Crippen LogP contribution < -0.4 is 4.74 Å². The second-order valence-corrected chi connectivity index (χ2v) is 7.45. The summed E-state index contributed by atoms with van der Waals surface area (Å²) in [7, 11) is 0. The fraction of sp³-hybridized carbons (Fsp3) is 0.0769. The average molecular weight is 429 g/mol. The van der Waals surface area contributed by atoms with Gasteiger partial charge in [0, 0.05) is 22.0 Å². The van der Waals surface area contributed by atoms with Crippen molar-refractivity contribution in [3.63, 3.8) is 0 Å². The summed E-state index contributed by atoms with van der Waals surface area (Å²) >= 11 is 6.31. The molecule has 1 N–H and O–H groups in total. The quantitative estimate of drug-likeness (QED) is 0.161. The van der Waals surface area contributed by atoms with Gasteiger partial charge < -0.3 is 4.74 Å². The first-order valence-electron chi connectivity index (χ1n) is 9.97. The summed E-state index contributed by atoms with van der Waals surface area (Å²) in [5.74, 6) is -0.0273. The van der Waals surface area contributed by atoms with Crippen molar-refractivity contribution in [1.29, 1.82) is 0 Å². The lowest BCUT2D eigenvalue weighted by Gasteiger charge is -2.19. The molecule has 31 heavy (non-hydrogen) atoms. The number of nitrogens with zero attached hydrogens (tertiary/aromatic N) is 1. The molecule has 1 aromatic heterocycles. The van der Waals surface area contributed by atoms with Crippen molar-refractivity contribution < 1.29 is 9.53 Å². The highest BCUT2D eigenvalue weighted by Gasteiger charge is 2.18. The van der Waals surface area contributed by atoms with Gasteiger partial charge in [0.1, 0.15) is 5.75 Å². The van der Waals surface area contributed by atoms with Crippen molar-refractivity contribution in [2.24, 2.45) is 0 Å². The Labute approximate surface area is 185 Å². The van der Waals surface area contributed by atoms with Crippen LogP contribution in [0, 0.1) is 0 Å². The Morgan fingerprint density at radius 2 is 1.94 bits per heavy atom. The van der Waals surface area contributed by atoms with Crippen LogP contribution in [-0.2, 0) is 4.79 Å². The fourth-order valence-electron chi connectivity index (χ4n) is 3.70. The topological polar surface area (TPSA) is 55.0 Å². The molecule has 0 aliphatic carbocycles. The first-order valence-corrected chi connectivity index (χ1v) is 10.3. The van der Waals surface area contributed by atoms with E-state index >= 15 is 0 Å². The van der Waals surface area contributed by atoms with Crippen LogP contribution in [-0.4, -0.2) is 16.2 Å². The highest BCUT2D eigenvalue weighted by atomic mass is 35.5. The van der Waals surface area contributed by atoms with E-state index in [1.54, 1.807) is 12.3 Å². The number of allylic oxidation sites excluding steroid dienone is 1. The van der Waals surface area contributed by atoms with Gasteiger partial charge in [-0.15, -0.1) is 0 Å². The summed E-state index contributed by atoms with van der Waals surface area (Å²) in [6.07, 6.45) is 3.71. The number of para-hydroxylation sites is 1.